The van der Waals surface area contributed by atoms with Crippen LogP contribution in [0.4, 0.5) is 10.1 Å². The molecule has 1 amide bonds. The van der Waals surface area contributed by atoms with Gasteiger partial charge < -0.3 is 25.1 Å². The second kappa shape index (κ2) is 10.2. The van der Waals surface area contributed by atoms with Crippen molar-refractivity contribution in [3.05, 3.63) is 59.0 Å². The number of halogens is 1. The van der Waals surface area contributed by atoms with E-state index in [1.165, 1.54) is 0 Å². The number of hydrogen-bond donors (Lipinski definition) is 3. The third-order valence-electron chi connectivity index (χ3n) is 6.06. The predicted octanol–water partition coefficient (Wildman–Crippen LogP) is 5.56. The van der Waals surface area contributed by atoms with Gasteiger partial charge in [-0.1, -0.05) is 26.8 Å². The molecule has 1 saturated heterocycles. The summed E-state index contributed by atoms with van der Waals surface area (Å²) in [6.07, 6.45) is 2.20. The molecular formula is C27H34FN3O3. The van der Waals surface area contributed by atoms with E-state index < -0.39 is 5.82 Å². The van der Waals surface area contributed by atoms with Crippen LogP contribution >= 0.6 is 0 Å². The lowest BCUT2D eigenvalue weighted by molar-refractivity contribution is 0.0679. The van der Waals surface area contributed by atoms with Gasteiger partial charge in [-0.25, -0.2) is 4.39 Å². The second-order valence-electron chi connectivity index (χ2n) is 10.2. The van der Waals surface area contributed by atoms with E-state index in [1.54, 1.807) is 30.3 Å². The number of fused-ring (bicyclic) bond motifs is 1. The molecule has 7 heteroatoms. The highest BCUT2D eigenvalue weighted by Gasteiger charge is 2.18. The Hall–Kier alpha value is -2.90. The maximum Gasteiger partial charge on any atom is 0.255 e. The van der Waals surface area contributed by atoms with Crippen molar-refractivity contribution in [3.63, 3.8) is 0 Å². The van der Waals surface area contributed by atoms with Crippen LogP contribution in [0.3, 0.4) is 0 Å². The molecule has 0 spiro atoms. The molecule has 1 atom stereocenters. The molecule has 4 rings (SSSR count). The van der Waals surface area contributed by atoms with Crippen LogP contribution in [-0.4, -0.2) is 36.8 Å². The number of H-pyrrole nitrogens is 1. The maximum atomic E-state index is 15.3. The standard InChI is InChI=1S/C27H34FN3O3/c1-17-21-11-12-22(24(28)25(21)30-23(17)14-29-16-27(2,3)4)31-26(32)18-7-9-19(10-8-18)34-15-20-6-5-13-33-20/h7-12,20,29-30H,5-6,13-16H2,1-4H3,(H,31,32)/t20-/m0/s1. The summed E-state index contributed by atoms with van der Waals surface area (Å²) in [6, 6.07) is 10.3. The van der Waals surface area contributed by atoms with Gasteiger partial charge in [-0.3, -0.25) is 4.79 Å². The average molecular weight is 468 g/mol. The van der Waals surface area contributed by atoms with E-state index in [0.717, 1.165) is 42.6 Å². The third kappa shape index (κ3) is 5.77. The van der Waals surface area contributed by atoms with E-state index >= 15 is 4.39 Å². The smallest absolute Gasteiger partial charge is 0.255 e. The van der Waals surface area contributed by atoms with Gasteiger partial charge in [-0.05, 0) is 61.1 Å². The maximum absolute atomic E-state index is 15.3. The van der Waals surface area contributed by atoms with Crippen LogP contribution in [0, 0.1) is 18.2 Å². The Bertz CT molecular complexity index is 1140. The van der Waals surface area contributed by atoms with Crippen LogP contribution in [0.2, 0.25) is 0 Å². The fourth-order valence-corrected chi connectivity index (χ4v) is 4.12. The summed E-state index contributed by atoms with van der Waals surface area (Å²) < 4.78 is 26.6. The number of nitrogens with one attached hydrogen (secondary N) is 3. The lowest BCUT2D eigenvalue weighted by atomic mass is 9.97. The van der Waals surface area contributed by atoms with Crippen LogP contribution in [0.1, 0.15) is 55.2 Å². The van der Waals surface area contributed by atoms with E-state index in [2.05, 4.69) is 36.4 Å². The van der Waals surface area contributed by atoms with Gasteiger partial charge in [0.1, 0.15) is 12.4 Å². The number of aromatic nitrogens is 1. The normalized spacial score (nSPS) is 16.2. The number of aromatic amines is 1. The second-order valence-corrected chi connectivity index (χ2v) is 10.2. The zero-order chi connectivity index (χ0) is 24.3. The van der Waals surface area contributed by atoms with Gasteiger partial charge in [0.05, 0.1) is 17.3 Å². The zero-order valence-corrected chi connectivity index (χ0v) is 20.4. The Morgan fingerprint density at radius 1 is 1.21 bits per heavy atom. The number of hydrogen-bond acceptors (Lipinski definition) is 4. The van der Waals surface area contributed by atoms with Crippen molar-refractivity contribution in [2.24, 2.45) is 5.41 Å². The molecule has 1 aromatic heterocycles. The highest BCUT2D eigenvalue weighted by Crippen LogP contribution is 2.29. The lowest BCUT2D eigenvalue weighted by Crippen LogP contribution is -2.26. The molecule has 1 fully saturated rings. The van der Waals surface area contributed by atoms with Crippen molar-refractivity contribution in [1.29, 1.82) is 0 Å². The molecule has 1 aliphatic heterocycles. The first-order chi connectivity index (χ1) is 16.2. The van der Waals surface area contributed by atoms with Gasteiger partial charge >= 0.3 is 0 Å². The molecule has 1 aliphatic rings. The quantitative estimate of drug-likeness (QED) is 0.405. The predicted molar refractivity (Wildman–Crippen MR) is 133 cm³/mol. The molecular weight excluding hydrogens is 433 g/mol. The lowest BCUT2D eigenvalue weighted by Gasteiger charge is -2.18. The van der Waals surface area contributed by atoms with Crippen LogP contribution in [0.5, 0.6) is 5.75 Å². The Morgan fingerprint density at radius 2 is 1.97 bits per heavy atom. The van der Waals surface area contributed by atoms with E-state index in [1.807, 2.05) is 13.0 Å². The van der Waals surface area contributed by atoms with Crippen molar-refractivity contribution < 1.29 is 18.7 Å². The summed E-state index contributed by atoms with van der Waals surface area (Å²) in [7, 11) is 0. The first kappa shape index (κ1) is 24.2. The number of aryl methyl sites for hydroxylation is 1. The Morgan fingerprint density at radius 3 is 2.65 bits per heavy atom. The number of ether oxygens (including phenoxy) is 2. The summed E-state index contributed by atoms with van der Waals surface area (Å²) in [5, 5.41) is 6.93. The number of carbonyl (C=O) groups is 1. The van der Waals surface area contributed by atoms with Gasteiger partial charge in [0.15, 0.2) is 5.82 Å². The molecule has 0 saturated carbocycles. The summed E-state index contributed by atoms with van der Waals surface area (Å²) in [5.41, 5.74) is 3.09. The number of rotatable bonds is 8. The van der Waals surface area contributed by atoms with E-state index in [0.29, 0.717) is 30.0 Å². The van der Waals surface area contributed by atoms with E-state index in [4.69, 9.17) is 9.47 Å². The topological polar surface area (TPSA) is 75.4 Å². The number of amides is 1. The fraction of sp³-hybridized carbons (Fsp3) is 0.444. The molecule has 3 aromatic rings. The minimum Gasteiger partial charge on any atom is -0.491 e. The van der Waals surface area contributed by atoms with Crippen LogP contribution in [0.15, 0.2) is 36.4 Å². The molecule has 0 radical (unpaired) electrons. The van der Waals surface area contributed by atoms with E-state index in [-0.39, 0.29) is 23.1 Å². The molecule has 0 unspecified atom stereocenters. The summed E-state index contributed by atoms with van der Waals surface area (Å²) in [4.78, 5) is 15.9. The highest BCUT2D eigenvalue weighted by molar-refractivity contribution is 6.05. The first-order valence-electron chi connectivity index (χ1n) is 11.9. The SMILES string of the molecule is Cc1c(CNCC(C)(C)C)[nH]c2c(F)c(NC(=O)c3ccc(OC[C@@H]4CCCO4)cc3)ccc12. The fourth-order valence-electron chi connectivity index (χ4n) is 4.12. The molecule has 34 heavy (non-hydrogen) atoms. The van der Waals surface area contributed by atoms with Gasteiger partial charge in [-0.2, -0.15) is 0 Å². The van der Waals surface area contributed by atoms with E-state index in [9.17, 15) is 4.79 Å². The van der Waals surface area contributed by atoms with Gasteiger partial charge in [0.2, 0.25) is 0 Å². The van der Waals surface area contributed by atoms with Crippen LogP contribution < -0.4 is 15.4 Å². The molecule has 6 nitrogen and oxygen atoms in total. The zero-order valence-electron chi connectivity index (χ0n) is 20.4. The third-order valence-corrected chi connectivity index (χ3v) is 6.06. The minimum atomic E-state index is -0.465. The summed E-state index contributed by atoms with van der Waals surface area (Å²) in [5.74, 6) is -0.166. The highest BCUT2D eigenvalue weighted by atomic mass is 19.1. The minimum absolute atomic E-state index is 0.132. The molecule has 0 aliphatic carbocycles. The van der Waals surface area contributed by atoms with Crippen molar-refractivity contribution in [2.75, 3.05) is 25.1 Å². The molecule has 182 valence electrons. The number of benzene rings is 2. The number of carbonyl (C=O) groups excluding carboxylic acids is 1. The number of anilines is 1. The summed E-state index contributed by atoms with van der Waals surface area (Å²) in [6.45, 7) is 11.2. The summed E-state index contributed by atoms with van der Waals surface area (Å²) >= 11 is 0. The van der Waals surface area contributed by atoms with Crippen molar-refractivity contribution >= 4 is 22.5 Å². The first-order valence-corrected chi connectivity index (χ1v) is 11.9. The largest absolute Gasteiger partial charge is 0.491 e. The van der Waals surface area contributed by atoms with Crippen LogP contribution in [-0.2, 0) is 11.3 Å². The van der Waals surface area contributed by atoms with Crippen molar-refractivity contribution in [3.8, 4) is 5.75 Å². The Kier molecular flexibility index (Phi) is 7.24. The van der Waals surface area contributed by atoms with Gasteiger partial charge in [-0.15, -0.1) is 0 Å². The van der Waals surface area contributed by atoms with Gasteiger partial charge in [0, 0.05) is 36.3 Å². The Balaban J connectivity index is 1.41. The molecule has 2 aromatic carbocycles. The van der Waals surface area contributed by atoms with Gasteiger partial charge in [0.25, 0.3) is 5.91 Å². The average Bonchev–Trinajstić information content (AvgIpc) is 3.42. The molecule has 2 heterocycles. The Labute approximate surface area is 200 Å². The van der Waals surface area contributed by atoms with Crippen LogP contribution in [0.25, 0.3) is 10.9 Å². The van der Waals surface area contributed by atoms with Crippen molar-refractivity contribution in [1.82, 2.24) is 10.3 Å². The van der Waals surface area contributed by atoms with Crippen molar-refractivity contribution in [2.45, 2.75) is 53.2 Å². The molecule has 3 N–H and O–H groups in total. The molecule has 0 bridgehead atoms. The monoisotopic (exact) mass is 467 g/mol.